The Morgan fingerprint density at radius 1 is 1.21 bits per heavy atom. The molecule has 1 N–H and O–H groups in total. The maximum absolute atomic E-state index is 5.97. The van der Waals surface area contributed by atoms with Crippen LogP contribution >= 0.6 is 0 Å². The molecule has 1 rings (SSSR count). The van der Waals surface area contributed by atoms with E-state index >= 15 is 0 Å². The minimum atomic E-state index is 0.145. The van der Waals surface area contributed by atoms with E-state index in [1.807, 2.05) is 0 Å². The first-order chi connectivity index (χ1) is 8.80. The highest BCUT2D eigenvalue weighted by Gasteiger charge is 2.19. The van der Waals surface area contributed by atoms with E-state index in [-0.39, 0.29) is 5.41 Å². The van der Waals surface area contributed by atoms with E-state index in [1.165, 1.54) is 11.1 Å². The largest absolute Gasteiger partial charge is 0.493 e. The molecular formula is C17H29NO. The number of hydrogen-bond donors (Lipinski definition) is 1. The molecule has 2 heteroatoms. The number of hydrogen-bond acceptors (Lipinski definition) is 2. The third-order valence-corrected chi connectivity index (χ3v) is 3.10. The Kier molecular flexibility index (Phi) is 5.86. The molecule has 2 nitrogen and oxygen atoms in total. The van der Waals surface area contributed by atoms with Crippen molar-refractivity contribution >= 4 is 0 Å². The van der Waals surface area contributed by atoms with Gasteiger partial charge in [-0.25, -0.2) is 0 Å². The summed E-state index contributed by atoms with van der Waals surface area (Å²) in [6.45, 7) is 15.9. The van der Waals surface area contributed by atoms with Gasteiger partial charge in [0.2, 0.25) is 0 Å². The molecule has 0 aliphatic rings. The first-order valence-corrected chi connectivity index (χ1v) is 7.21. The average molecular weight is 263 g/mol. The lowest BCUT2D eigenvalue weighted by Gasteiger charge is -2.26. The zero-order valence-corrected chi connectivity index (χ0v) is 13.3. The van der Waals surface area contributed by atoms with Crippen LogP contribution in [0.2, 0.25) is 0 Å². The van der Waals surface area contributed by atoms with Crippen LogP contribution in [-0.4, -0.2) is 19.7 Å². The van der Waals surface area contributed by atoms with E-state index in [1.54, 1.807) is 0 Å². The molecule has 0 atom stereocenters. The molecule has 0 spiro atoms. The van der Waals surface area contributed by atoms with Crippen LogP contribution in [0, 0.1) is 25.2 Å². The van der Waals surface area contributed by atoms with Crippen LogP contribution < -0.4 is 10.1 Å². The van der Waals surface area contributed by atoms with Crippen molar-refractivity contribution in [3.63, 3.8) is 0 Å². The van der Waals surface area contributed by atoms with Crippen molar-refractivity contribution in [1.29, 1.82) is 0 Å². The van der Waals surface area contributed by atoms with E-state index in [0.717, 1.165) is 25.4 Å². The molecule has 0 radical (unpaired) electrons. The molecule has 19 heavy (non-hydrogen) atoms. The van der Waals surface area contributed by atoms with Gasteiger partial charge in [0.25, 0.3) is 0 Å². The topological polar surface area (TPSA) is 21.3 Å². The summed E-state index contributed by atoms with van der Waals surface area (Å²) in [7, 11) is 0. The van der Waals surface area contributed by atoms with Gasteiger partial charge >= 0.3 is 0 Å². The zero-order chi connectivity index (χ0) is 14.5. The van der Waals surface area contributed by atoms with Crippen molar-refractivity contribution < 1.29 is 4.74 Å². The van der Waals surface area contributed by atoms with E-state index in [4.69, 9.17) is 4.74 Å². The van der Waals surface area contributed by atoms with Crippen LogP contribution in [0.15, 0.2) is 18.2 Å². The van der Waals surface area contributed by atoms with Gasteiger partial charge in [-0.1, -0.05) is 45.4 Å². The summed E-state index contributed by atoms with van der Waals surface area (Å²) >= 11 is 0. The Labute approximate surface area is 118 Å². The summed E-state index contributed by atoms with van der Waals surface area (Å²) in [5.41, 5.74) is 2.64. The second-order valence-electron chi connectivity index (χ2n) is 6.75. The number of benzene rings is 1. The molecular weight excluding hydrogens is 234 g/mol. The molecule has 0 unspecified atom stereocenters. The Balaban J connectivity index is 2.45. The second-order valence-corrected chi connectivity index (χ2v) is 6.75. The van der Waals surface area contributed by atoms with Gasteiger partial charge in [-0.3, -0.25) is 0 Å². The molecule has 1 aromatic carbocycles. The maximum Gasteiger partial charge on any atom is 0.122 e. The van der Waals surface area contributed by atoms with Crippen molar-refractivity contribution in [2.75, 3.05) is 19.7 Å². The minimum Gasteiger partial charge on any atom is -0.493 e. The van der Waals surface area contributed by atoms with Gasteiger partial charge in [-0.2, -0.15) is 0 Å². The lowest BCUT2D eigenvalue weighted by Crippen LogP contribution is -2.35. The average Bonchev–Trinajstić information content (AvgIpc) is 2.27. The van der Waals surface area contributed by atoms with Crippen molar-refractivity contribution in [3.8, 4) is 5.75 Å². The van der Waals surface area contributed by atoms with E-state index in [9.17, 15) is 0 Å². The van der Waals surface area contributed by atoms with Crippen molar-refractivity contribution in [1.82, 2.24) is 5.32 Å². The fourth-order valence-electron chi connectivity index (χ4n) is 1.98. The minimum absolute atomic E-state index is 0.145. The highest BCUT2D eigenvalue weighted by Crippen LogP contribution is 2.22. The molecule has 108 valence electrons. The fraction of sp³-hybridized carbons (Fsp3) is 0.647. The Morgan fingerprint density at radius 2 is 1.89 bits per heavy atom. The van der Waals surface area contributed by atoms with Crippen LogP contribution in [0.1, 0.15) is 38.8 Å². The highest BCUT2D eigenvalue weighted by molar-refractivity contribution is 5.35. The summed E-state index contributed by atoms with van der Waals surface area (Å²) < 4.78 is 5.97. The molecule has 0 heterocycles. The van der Waals surface area contributed by atoms with Gasteiger partial charge in [0.15, 0.2) is 0 Å². The molecule has 0 saturated heterocycles. The Hall–Kier alpha value is -1.02. The van der Waals surface area contributed by atoms with E-state index < -0.39 is 0 Å². The van der Waals surface area contributed by atoms with Crippen molar-refractivity contribution in [3.05, 3.63) is 29.3 Å². The zero-order valence-electron chi connectivity index (χ0n) is 13.3. The summed E-state index contributed by atoms with van der Waals surface area (Å²) in [6.07, 6.45) is 0. The Morgan fingerprint density at radius 3 is 2.47 bits per heavy atom. The molecule has 0 amide bonds. The molecule has 0 saturated carbocycles. The normalized spacial score (nSPS) is 11.9. The first-order valence-electron chi connectivity index (χ1n) is 7.21. The predicted molar refractivity (Wildman–Crippen MR) is 82.9 cm³/mol. The monoisotopic (exact) mass is 263 g/mol. The molecule has 1 aromatic rings. The van der Waals surface area contributed by atoms with Crippen LogP contribution in [-0.2, 0) is 0 Å². The van der Waals surface area contributed by atoms with Crippen molar-refractivity contribution in [2.45, 2.75) is 41.5 Å². The number of aryl methyl sites for hydroxylation is 2. The molecule has 0 fully saturated rings. The third-order valence-electron chi connectivity index (χ3n) is 3.10. The van der Waals surface area contributed by atoms with Gasteiger partial charge in [0, 0.05) is 12.0 Å². The molecule has 0 bridgehead atoms. The van der Waals surface area contributed by atoms with Gasteiger partial charge in [-0.15, -0.1) is 0 Å². The number of ether oxygens (including phenoxy) is 1. The van der Waals surface area contributed by atoms with Gasteiger partial charge in [0.1, 0.15) is 5.75 Å². The lowest BCUT2D eigenvalue weighted by atomic mass is 9.94. The smallest absolute Gasteiger partial charge is 0.122 e. The second kappa shape index (κ2) is 6.95. The number of nitrogens with one attached hydrogen (secondary N) is 1. The number of rotatable bonds is 7. The van der Waals surface area contributed by atoms with Gasteiger partial charge in [0.05, 0.1) is 6.61 Å². The first kappa shape index (κ1) is 16.0. The van der Waals surface area contributed by atoms with Crippen LogP contribution in [0.25, 0.3) is 0 Å². The highest BCUT2D eigenvalue weighted by atomic mass is 16.5. The van der Waals surface area contributed by atoms with Gasteiger partial charge < -0.3 is 10.1 Å². The SMILES string of the molecule is Cc1ccc(OCC(C)(C)CNCC(C)C)c(C)c1. The van der Waals surface area contributed by atoms with Crippen LogP contribution in [0.4, 0.5) is 0 Å². The predicted octanol–water partition coefficient (Wildman–Crippen LogP) is 3.95. The van der Waals surface area contributed by atoms with Crippen molar-refractivity contribution in [2.24, 2.45) is 11.3 Å². The lowest BCUT2D eigenvalue weighted by molar-refractivity contribution is 0.174. The maximum atomic E-state index is 5.97. The quantitative estimate of drug-likeness (QED) is 0.804. The molecule has 0 aromatic heterocycles. The van der Waals surface area contributed by atoms with Crippen LogP contribution in [0.3, 0.4) is 0 Å². The summed E-state index contributed by atoms with van der Waals surface area (Å²) in [6, 6.07) is 6.34. The van der Waals surface area contributed by atoms with Crippen LogP contribution in [0.5, 0.6) is 5.75 Å². The summed E-state index contributed by atoms with van der Waals surface area (Å²) in [4.78, 5) is 0. The molecule has 0 aliphatic heterocycles. The summed E-state index contributed by atoms with van der Waals surface area (Å²) in [5.74, 6) is 1.69. The van der Waals surface area contributed by atoms with Gasteiger partial charge in [-0.05, 0) is 37.9 Å². The van der Waals surface area contributed by atoms with E-state index in [0.29, 0.717) is 5.92 Å². The standard InChI is InChI=1S/C17H29NO/c1-13(2)10-18-11-17(5,6)12-19-16-8-7-14(3)9-15(16)4/h7-9,13,18H,10-12H2,1-6H3. The fourth-order valence-corrected chi connectivity index (χ4v) is 1.98. The third kappa shape index (κ3) is 6.11. The summed E-state index contributed by atoms with van der Waals surface area (Å²) in [5, 5.41) is 3.51. The molecule has 0 aliphatic carbocycles. The van der Waals surface area contributed by atoms with E-state index in [2.05, 4.69) is 65.1 Å². The Bertz CT molecular complexity index is 396.